The van der Waals surface area contributed by atoms with E-state index in [1.54, 1.807) is 7.11 Å². The molecule has 2 saturated heterocycles. The number of rotatable bonds is 6. The van der Waals surface area contributed by atoms with Gasteiger partial charge in [0.05, 0.1) is 7.11 Å². The lowest BCUT2D eigenvalue weighted by atomic mass is 9.97. The van der Waals surface area contributed by atoms with Crippen molar-refractivity contribution in [1.29, 1.82) is 0 Å². The number of nitrogens with zero attached hydrogens (tertiary/aromatic N) is 2. The molecule has 0 amide bonds. The topological polar surface area (TPSA) is 37.4 Å². The van der Waals surface area contributed by atoms with E-state index in [1.807, 2.05) is 12.3 Å². The lowest BCUT2D eigenvalue weighted by Gasteiger charge is -2.37. The summed E-state index contributed by atoms with van der Waals surface area (Å²) in [6, 6.07) is 6.34. The minimum Gasteiger partial charge on any atom is -0.481 e. The summed E-state index contributed by atoms with van der Waals surface area (Å²) < 4.78 is 5.14. The van der Waals surface area contributed by atoms with E-state index in [2.05, 4.69) is 28.2 Å². The van der Waals surface area contributed by atoms with Crippen LogP contribution in [0.2, 0.25) is 0 Å². The monoisotopic (exact) mass is 289 g/mol. The Morgan fingerprint density at radius 2 is 2.05 bits per heavy atom. The van der Waals surface area contributed by atoms with Crippen molar-refractivity contribution in [3.8, 4) is 5.88 Å². The lowest BCUT2D eigenvalue weighted by Crippen LogP contribution is -2.48. The molecule has 1 aromatic rings. The highest BCUT2D eigenvalue weighted by Gasteiger charge is 2.35. The van der Waals surface area contributed by atoms with Crippen LogP contribution in [0.1, 0.15) is 44.6 Å². The molecule has 2 bridgehead atoms. The van der Waals surface area contributed by atoms with Gasteiger partial charge in [-0.15, -0.1) is 0 Å². The summed E-state index contributed by atoms with van der Waals surface area (Å²) in [6.07, 6.45) is 8.51. The summed E-state index contributed by atoms with van der Waals surface area (Å²) in [7, 11) is 1.66. The van der Waals surface area contributed by atoms with Crippen molar-refractivity contribution in [3.05, 3.63) is 23.9 Å². The molecule has 2 unspecified atom stereocenters. The Morgan fingerprint density at radius 3 is 2.62 bits per heavy atom. The number of hydrogen-bond donors (Lipinski definition) is 1. The van der Waals surface area contributed by atoms with Gasteiger partial charge in [0.25, 0.3) is 0 Å². The highest BCUT2D eigenvalue weighted by Crippen LogP contribution is 2.30. The number of hydrogen-bond acceptors (Lipinski definition) is 4. The molecular weight excluding hydrogens is 262 g/mol. The molecule has 4 heteroatoms. The van der Waals surface area contributed by atoms with Crippen molar-refractivity contribution in [3.63, 3.8) is 0 Å². The number of aromatic nitrogens is 1. The summed E-state index contributed by atoms with van der Waals surface area (Å²) in [5.41, 5.74) is 1.29. The van der Waals surface area contributed by atoms with Crippen molar-refractivity contribution < 1.29 is 4.74 Å². The van der Waals surface area contributed by atoms with Gasteiger partial charge in [-0.2, -0.15) is 0 Å². The van der Waals surface area contributed by atoms with Crippen molar-refractivity contribution in [2.45, 2.75) is 63.7 Å². The van der Waals surface area contributed by atoms with E-state index in [1.165, 1.54) is 44.2 Å². The fourth-order valence-corrected chi connectivity index (χ4v) is 3.86. The average Bonchev–Trinajstić information content (AvgIpc) is 2.86. The molecule has 2 fully saturated rings. The van der Waals surface area contributed by atoms with Crippen LogP contribution in [0.4, 0.5) is 0 Å². The summed E-state index contributed by atoms with van der Waals surface area (Å²) >= 11 is 0. The fraction of sp³-hybridized carbons (Fsp3) is 0.706. The Bertz CT molecular complexity index is 436. The Morgan fingerprint density at radius 1 is 1.29 bits per heavy atom. The quantitative estimate of drug-likeness (QED) is 0.873. The van der Waals surface area contributed by atoms with E-state index in [-0.39, 0.29) is 0 Å². The standard InChI is InChI=1S/C17H27N3O/c1-3-8-20(12-13-4-7-17(21-2)18-11-13)16-9-14-5-6-15(10-16)19-14/h4,7,11,14-16,19H,3,5-6,8-10,12H2,1-2H3. The van der Waals surface area contributed by atoms with Crippen LogP contribution in [-0.4, -0.2) is 41.7 Å². The zero-order valence-corrected chi connectivity index (χ0v) is 13.2. The first-order valence-corrected chi connectivity index (χ1v) is 8.27. The molecule has 2 aliphatic heterocycles. The molecule has 4 nitrogen and oxygen atoms in total. The van der Waals surface area contributed by atoms with Gasteiger partial charge in [-0.25, -0.2) is 4.98 Å². The second-order valence-electron chi connectivity index (χ2n) is 6.44. The zero-order valence-electron chi connectivity index (χ0n) is 13.2. The van der Waals surface area contributed by atoms with Crippen LogP contribution in [0.5, 0.6) is 5.88 Å². The van der Waals surface area contributed by atoms with Gasteiger partial charge in [0.15, 0.2) is 0 Å². The van der Waals surface area contributed by atoms with Gasteiger partial charge in [-0.3, -0.25) is 4.90 Å². The van der Waals surface area contributed by atoms with E-state index >= 15 is 0 Å². The molecular formula is C17H27N3O. The van der Waals surface area contributed by atoms with Crippen LogP contribution in [0.15, 0.2) is 18.3 Å². The van der Waals surface area contributed by atoms with Crippen molar-refractivity contribution in [2.75, 3.05) is 13.7 Å². The van der Waals surface area contributed by atoms with Gasteiger partial charge in [-0.05, 0) is 44.2 Å². The molecule has 0 spiro atoms. The molecule has 2 atom stereocenters. The third kappa shape index (κ3) is 3.55. The molecule has 3 rings (SSSR count). The van der Waals surface area contributed by atoms with Crippen LogP contribution in [-0.2, 0) is 6.54 Å². The van der Waals surface area contributed by atoms with Gasteiger partial charge in [0.2, 0.25) is 5.88 Å². The second-order valence-corrected chi connectivity index (χ2v) is 6.44. The summed E-state index contributed by atoms with van der Waals surface area (Å²) in [4.78, 5) is 7.00. The number of methoxy groups -OCH3 is 1. The highest BCUT2D eigenvalue weighted by atomic mass is 16.5. The molecule has 0 radical (unpaired) electrons. The molecule has 3 heterocycles. The Balaban J connectivity index is 1.65. The number of pyridine rings is 1. The smallest absolute Gasteiger partial charge is 0.212 e. The van der Waals surface area contributed by atoms with Crippen LogP contribution >= 0.6 is 0 Å². The molecule has 1 N–H and O–H groups in total. The molecule has 0 aliphatic carbocycles. The third-order valence-electron chi connectivity index (χ3n) is 4.87. The van der Waals surface area contributed by atoms with Gasteiger partial charge < -0.3 is 10.1 Å². The van der Waals surface area contributed by atoms with Gasteiger partial charge in [0, 0.05) is 36.9 Å². The molecule has 21 heavy (non-hydrogen) atoms. The van der Waals surface area contributed by atoms with E-state index in [9.17, 15) is 0 Å². The van der Waals surface area contributed by atoms with Gasteiger partial charge in [0.1, 0.15) is 0 Å². The van der Waals surface area contributed by atoms with Crippen molar-refractivity contribution in [2.24, 2.45) is 0 Å². The predicted molar refractivity (Wildman–Crippen MR) is 84.5 cm³/mol. The Kier molecular flexibility index (Phi) is 4.76. The maximum absolute atomic E-state index is 5.14. The normalized spacial score (nSPS) is 28.0. The third-order valence-corrected chi connectivity index (χ3v) is 4.87. The molecule has 1 aromatic heterocycles. The van der Waals surface area contributed by atoms with Crippen LogP contribution in [0.3, 0.4) is 0 Å². The van der Waals surface area contributed by atoms with Gasteiger partial charge in [-0.1, -0.05) is 13.0 Å². The first-order chi connectivity index (χ1) is 10.3. The summed E-state index contributed by atoms with van der Waals surface area (Å²) in [5, 5.41) is 3.74. The second kappa shape index (κ2) is 6.75. The summed E-state index contributed by atoms with van der Waals surface area (Å²) in [6.45, 7) is 4.46. The highest BCUT2D eigenvalue weighted by molar-refractivity contribution is 5.17. The Hall–Kier alpha value is -1.13. The Labute approximate surface area is 127 Å². The van der Waals surface area contributed by atoms with Crippen LogP contribution < -0.4 is 10.1 Å². The number of ether oxygens (including phenoxy) is 1. The maximum Gasteiger partial charge on any atom is 0.212 e. The predicted octanol–water partition coefficient (Wildman–Crippen LogP) is 2.59. The SMILES string of the molecule is CCCN(Cc1ccc(OC)nc1)C1CC2CCC(C1)N2. The largest absolute Gasteiger partial charge is 0.481 e. The van der Waals surface area contributed by atoms with Crippen molar-refractivity contribution in [1.82, 2.24) is 15.2 Å². The number of piperidine rings is 1. The van der Waals surface area contributed by atoms with E-state index in [4.69, 9.17) is 4.74 Å². The fourth-order valence-electron chi connectivity index (χ4n) is 3.86. The summed E-state index contributed by atoms with van der Waals surface area (Å²) in [5.74, 6) is 0.695. The van der Waals surface area contributed by atoms with Crippen LogP contribution in [0, 0.1) is 0 Å². The average molecular weight is 289 g/mol. The lowest BCUT2D eigenvalue weighted by molar-refractivity contribution is 0.133. The molecule has 2 aliphatic rings. The minimum absolute atomic E-state index is 0.695. The van der Waals surface area contributed by atoms with E-state index < -0.39 is 0 Å². The number of fused-ring (bicyclic) bond motifs is 2. The first-order valence-electron chi connectivity index (χ1n) is 8.27. The van der Waals surface area contributed by atoms with E-state index in [0.717, 1.165) is 24.7 Å². The zero-order chi connectivity index (χ0) is 14.7. The van der Waals surface area contributed by atoms with Gasteiger partial charge >= 0.3 is 0 Å². The maximum atomic E-state index is 5.14. The molecule has 0 saturated carbocycles. The minimum atomic E-state index is 0.695. The van der Waals surface area contributed by atoms with Crippen LogP contribution in [0.25, 0.3) is 0 Å². The first kappa shape index (κ1) is 14.8. The van der Waals surface area contributed by atoms with E-state index in [0.29, 0.717) is 5.88 Å². The van der Waals surface area contributed by atoms with Crippen molar-refractivity contribution >= 4 is 0 Å². The molecule has 116 valence electrons. The number of nitrogens with one attached hydrogen (secondary N) is 1. The molecule has 0 aromatic carbocycles.